The summed E-state index contributed by atoms with van der Waals surface area (Å²) in [6, 6.07) is 14.5. The van der Waals surface area contributed by atoms with Crippen LogP contribution in [0.3, 0.4) is 0 Å². The van der Waals surface area contributed by atoms with Gasteiger partial charge in [0.25, 0.3) is 11.8 Å². The Kier molecular flexibility index (Phi) is 9.00. The molecule has 0 saturated carbocycles. The fraction of sp³-hybridized carbons (Fsp3) is 0.419. The molecule has 1 fully saturated rings. The topological polar surface area (TPSA) is 135 Å². The highest BCUT2D eigenvalue weighted by molar-refractivity contribution is 6.00. The molecule has 3 heterocycles. The van der Waals surface area contributed by atoms with Crippen LogP contribution in [0.4, 0.5) is 17.5 Å². The molecular formula is C31H40N8O3. The highest BCUT2D eigenvalue weighted by atomic mass is 16.3. The van der Waals surface area contributed by atoms with E-state index in [4.69, 9.17) is 0 Å². The quantitative estimate of drug-likeness (QED) is 0.220. The van der Waals surface area contributed by atoms with E-state index >= 15 is 0 Å². The van der Waals surface area contributed by atoms with Crippen molar-refractivity contribution in [2.24, 2.45) is 0 Å². The molecule has 1 saturated heterocycles. The number of fused-ring (bicyclic) bond motifs is 1. The van der Waals surface area contributed by atoms with Gasteiger partial charge in [-0.05, 0) is 63.2 Å². The summed E-state index contributed by atoms with van der Waals surface area (Å²) >= 11 is 0. The largest absolute Gasteiger partial charge is 0.394 e. The molecule has 42 heavy (non-hydrogen) atoms. The Hall–Kier alpha value is -4.06. The number of rotatable bonds is 11. The van der Waals surface area contributed by atoms with Gasteiger partial charge in [-0.2, -0.15) is 4.98 Å². The molecule has 2 aliphatic rings. The number of aliphatic hydroxyl groups excluding tert-OH is 1. The van der Waals surface area contributed by atoms with Crippen molar-refractivity contribution in [2.45, 2.75) is 31.8 Å². The van der Waals surface area contributed by atoms with Crippen molar-refractivity contribution in [1.82, 2.24) is 30.4 Å². The van der Waals surface area contributed by atoms with Crippen LogP contribution >= 0.6 is 0 Å². The minimum Gasteiger partial charge on any atom is -0.394 e. The molecule has 2 aliphatic heterocycles. The van der Waals surface area contributed by atoms with Gasteiger partial charge in [0.15, 0.2) is 0 Å². The second kappa shape index (κ2) is 12.8. The van der Waals surface area contributed by atoms with Crippen LogP contribution in [0.25, 0.3) is 0 Å². The first-order chi connectivity index (χ1) is 20.2. The van der Waals surface area contributed by atoms with E-state index in [1.54, 1.807) is 12.1 Å². The summed E-state index contributed by atoms with van der Waals surface area (Å²) in [6.07, 6.45) is 2.34. The van der Waals surface area contributed by atoms with Gasteiger partial charge in [0.05, 0.1) is 18.2 Å². The summed E-state index contributed by atoms with van der Waals surface area (Å²) in [5.41, 5.74) is 2.90. The van der Waals surface area contributed by atoms with Crippen molar-refractivity contribution < 1.29 is 14.7 Å². The van der Waals surface area contributed by atoms with Crippen molar-refractivity contribution in [3.63, 3.8) is 0 Å². The van der Waals surface area contributed by atoms with Crippen LogP contribution in [0.15, 0.2) is 54.7 Å². The zero-order valence-corrected chi connectivity index (χ0v) is 24.5. The SMILES string of the molecule is CN1CCN(CCCNC(=O)c2cnc(Nc3ccc4c(c3)C(C)(C)NC4=O)nc2N[C@H](CO)c2ccccc2)CC1. The van der Waals surface area contributed by atoms with Gasteiger partial charge in [-0.25, -0.2) is 4.98 Å². The average Bonchev–Trinajstić information content (AvgIpc) is 3.22. The Morgan fingerprint density at radius 3 is 2.62 bits per heavy atom. The number of benzene rings is 2. The fourth-order valence-electron chi connectivity index (χ4n) is 5.36. The van der Waals surface area contributed by atoms with Crippen LogP contribution in [0, 0.1) is 0 Å². The molecule has 5 N–H and O–H groups in total. The second-order valence-electron chi connectivity index (χ2n) is 11.5. The highest BCUT2D eigenvalue weighted by Crippen LogP contribution is 2.33. The molecule has 0 aliphatic carbocycles. The van der Waals surface area contributed by atoms with E-state index in [1.807, 2.05) is 50.2 Å². The van der Waals surface area contributed by atoms with Crippen molar-refractivity contribution in [3.8, 4) is 0 Å². The van der Waals surface area contributed by atoms with Gasteiger partial charge >= 0.3 is 0 Å². The molecule has 2 amide bonds. The van der Waals surface area contributed by atoms with E-state index in [9.17, 15) is 14.7 Å². The summed E-state index contributed by atoms with van der Waals surface area (Å²) in [4.78, 5) is 39.4. The molecule has 11 nitrogen and oxygen atoms in total. The van der Waals surface area contributed by atoms with Gasteiger partial charge in [-0.15, -0.1) is 0 Å². The number of amides is 2. The number of nitrogens with zero attached hydrogens (tertiary/aromatic N) is 4. The number of likely N-dealkylation sites (N-methyl/N-ethyl adjacent to an activating group) is 1. The van der Waals surface area contributed by atoms with Crippen LogP contribution in [0.5, 0.6) is 0 Å². The molecular weight excluding hydrogens is 532 g/mol. The lowest BCUT2D eigenvalue weighted by Gasteiger charge is -2.32. The van der Waals surface area contributed by atoms with Crippen molar-refractivity contribution in [2.75, 3.05) is 63.6 Å². The maximum absolute atomic E-state index is 13.3. The monoisotopic (exact) mass is 572 g/mol. The summed E-state index contributed by atoms with van der Waals surface area (Å²) in [6.45, 7) is 9.38. The van der Waals surface area contributed by atoms with Crippen molar-refractivity contribution >= 4 is 29.3 Å². The first-order valence-electron chi connectivity index (χ1n) is 14.5. The summed E-state index contributed by atoms with van der Waals surface area (Å²) < 4.78 is 0. The Morgan fingerprint density at radius 2 is 1.88 bits per heavy atom. The van der Waals surface area contributed by atoms with E-state index in [2.05, 4.69) is 48.1 Å². The van der Waals surface area contributed by atoms with Crippen LogP contribution in [0.1, 0.15) is 58.2 Å². The lowest BCUT2D eigenvalue weighted by Crippen LogP contribution is -2.45. The number of aliphatic hydroxyl groups is 1. The second-order valence-corrected chi connectivity index (χ2v) is 11.5. The van der Waals surface area contributed by atoms with E-state index < -0.39 is 11.6 Å². The fourth-order valence-corrected chi connectivity index (χ4v) is 5.36. The van der Waals surface area contributed by atoms with Crippen LogP contribution in [-0.4, -0.2) is 89.6 Å². The normalized spacial score (nSPS) is 17.3. The number of aromatic nitrogens is 2. The molecule has 5 rings (SSSR count). The standard InChI is InChI=1S/C31H40N8O3/c1-31(2)25-18-22(10-11-23(25)29(42)37-31)34-30-33-19-24(27(36-30)35-26(20-40)21-8-5-4-6-9-21)28(41)32-12-7-13-39-16-14-38(3)15-17-39/h4-6,8-11,18-19,26,40H,7,12-17,20H2,1-3H3,(H,32,41)(H,37,42)(H2,33,34,35,36)/t26-/m1/s1. The van der Waals surface area contributed by atoms with E-state index in [0.717, 1.165) is 50.3 Å². The maximum Gasteiger partial charge on any atom is 0.256 e. The number of carbonyl (C=O) groups is 2. The summed E-state index contributed by atoms with van der Waals surface area (Å²) in [5, 5.41) is 22.6. The molecule has 2 aromatic carbocycles. The molecule has 222 valence electrons. The maximum atomic E-state index is 13.3. The predicted octanol–water partition coefficient (Wildman–Crippen LogP) is 2.71. The Bertz CT molecular complexity index is 1410. The Labute approximate surface area is 246 Å². The van der Waals surface area contributed by atoms with E-state index in [1.165, 1.54) is 6.20 Å². The Balaban J connectivity index is 1.33. The Morgan fingerprint density at radius 1 is 1.12 bits per heavy atom. The average molecular weight is 573 g/mol. The molecule has 11 heteroatoms. The van der Waals surface area contributed by atoms with Crippen LogP contribution in [0.2, 0.25) is 0 Å². The molecule has 0 unspecified atom stereocenters. The van der Waals surface area contributed by atoms with Gasteiger partial charge in [0.1, 0.15) is 11.4 Å². The van der Waals surface area contributed by atoms with Crippen molar-refractivity contribution in [3.05, 3.63) is 77.0 Å². The number of piperazine rings is 1. The number of nitrogens with one attached hydrogen (secondary N) is 4. The van der Waals surface area contributed by atoms with Gasteiger partial charge in [0, 0.05) is 50.2 Å². The summed E-state index contributed by atoms with van der Waals surface area (Å²) in [5.74, 6) is 0.212. The van der Waals surface area contributed by atoms with Gasteiger partial charge < -0.3 is 36.2 Å². The molecule has 0 spiro atoms. The minimum atomic E-state index is -0.492. The van der Waals surface area contributed by atoms with Crippen LogP contribution in [-0.2, 0) is 5.54 Å². The zero-order chi connectivity index (χ0) is 29.7. The van der Waals surface area contributed by atoms with Gasteiger partial charge in [-0.1, -0.05) is 30.3 Å². The third-order valence-corrected chi connectivity index (χ3v) is 7.88. The minimum absolute atomic E-state index is 0.0980. The van der Waals surface area contributed by atoms with E-state index in [0.29, 0.717) is 29.2 Å². The molecule has 1 atom stereocenters. The molecule has 0 radical (unpaired) electrons. The molecule has 0 bridgehead atoms. The third-order valence-electron chi connectivity index (χ3n) is 7.88. The third kappa shape index (κ3) is 6.87. The summed E-state index contributed by atoms with van der Waals surface area (Å²) in [7, 11) is 2.14. The number of hydrogen-bond acceptors (Lipinski definition) is 9. The van der Waals surface area contributed by atoms with E-state index in [-0.39, 0.29) is 24.4 Å². The molecule has 3 aromatic rings. The van der Waals surface area contributed by atoms with Crippen molar-refractivity contribution in [1.29, 1.82) is 0 Å². The first-order valence-corrected chi connectivity index (χ1v) is 14.5. The number of anilines is 3. The lowest BCUT2D eigenvalue weighted by molar-refractivity contribution is 0.0935. The number of carbonyl (C=O) groups excluding carboxylic acids is 2. The lowest BCUT2D eigenvalue weighted by atomic mass is 9.94. The smallest absolute Gasteiger partial charge is 0.256 e. The van der Waals surface area contributed by atoms with Crippen LogP contribution < -0.4 is 21.3 Å². The number of hydrogen-bond donors (Lipinski definition) is 5. The molecule has 1 aromatic heterocycles. The predicted molar refractivity (Wildman–Crippen MR) is 163 cm³/mol. The van der Waals surface area contributed by atoms with Gasteiger partial charge in [-0.3, -0.25) is 9.59 Å². The highest BCUT2D eigenvalue weighted by Gasteiger charge is 2.35. The first kappa shape index (κ1) is 29.4. The van der Waals surface area contributed by atoms with Gasteiger partial charge in [0.2, 0.25) is 5.95 Å². The zero-order valence-electron chi connectivity index (χ0n) is 24.5.